The molecular weight excluding hydrogens is 360 g/mol. The molecule has 6 heteroatoms. The largest absolute Gasteiger partial charge is 0.289 e. The lowest BCUT2D eigenvalue weighted by Crippen LogP contribution is -2.38. The maximum atomic E-state index is 4.97. The van der Waals surface area contributed by atoms with Gasteiger partial charge in [-0.15, -0.1) is 0 Å². The third-order valence-corrected chi connectivity index (χ3v) is 6.48. The van der Waals surface area contributed by atoms with E-state index in [1.54, 1.807) is 0 Å². The van der Waals surface area contributed by atoms with E-state index in [-0.39, 0.29) is 0 Å². The molecule has 0 N–H and O–H groups in total. The Hall–Kier alpha value is -2.99. The molecule has 0 spiro atoms. The second-order valence-corrected chi connectivity index (χ2v) is 8.47. The first-order valence-electron chi connectivity index (χ1n) is 10.3. The van der Waals surface area contributed by atoms with Crippen LogP contribution in [-0.2, 0) is 20.0 Å². The van der Waals surface area contributed by atoms with E-state index in [0.717, 1.165) is 29.9 Å². The van der Waals surface area contributed by atoms with Crippen molar-refractivity contribution in [3.05, 3.63) is 71.3 Å². The highest BCUT2D eigenvalue weighted by Crippen LogP contribution is 2.44. The summed E-state index contributed by atoms with van der Waals surface area (Å²) >= 11 is 0. The van der Waals surface area contributed by atoms with Crippen molar-refractivity contribution in [2.45, 2.75) is 44.8 Å². The van der Waals surface area contributed by atoms with Crippen molar-refractivity contribution in [2.75, 3.05) is 0 Å². The second kappa shape index (κ2) is 6.26. The molecule has 1 aromatic carbocycles. The molecule has 6 rings (SSSR count). The van der Waals surface area contributed by atoms with Crippen LogP contribution in [0.2, 0.25) is 0 Å². The molecule has 0 saturated carbocycles. The zero-order chi connectivity index (χ0) is 19.5. The van der Waals surface area contributed by atoms with Crippen LogP contribution in [0.4, 0.5) is 0 Å². The Morgan fingerprint density at radius 1 is 1.14 bits per heavy atom. The van der Waals surface area contributed by atoms with E-state index in [0.29, 0.717) is 12.1 Å². The fraction of sp³-hybridized carbons (Fsp3) is 0.348. The van der Waals surface area contributed by atoms with Crippen LogP contribution in [0.15, 0.2) is 48.9 Å². The molecule has 2 bridgehead atoms. The summed E-state index contributed by atoms with van der Waals surface area (Å²) in [6.07, 6.45) is 9.65. The Morgan fingerprint density at radius 3 is 2.90 bits per heavy atom. The van der Waals surface area contributed by atoms with E-state index in [1.807, 2.05) is 17.9 Å². The Labute approximate surface area is 169 Å². The lowest BCUT2D eigenvalue weighted by Gasteiger charge is -2.35. The number of rotatable bonds is 3. The summed E-state index contributed by atoms with van der Waals surface area (Å²) < 4.78 is 3.98. The summed E-state index contributed by atoms with van der Waals surface area (Å²) in [5.74, 6) is 0. The number of hydrogen-bond donors (Lipinski definition) is 0. The number of aromatic nitrogens is 5. The zero-order valence-electron chi connectivity index (χ0n) is 16.8. The SMILES string of the molecule is Cc1cccc(-c2cc3ncc4c(n3n2)C[C@H]2CC[C@@H]4N2Cc2cnn(C)c2)c1. The Kier molecular flexibility index (Phi) is 3.65. The van der Waals surface area contributed by atoms with Gasteiger partial charge in [-0.05, 0) is 25.8 Å². The Balaban J connectivity index is 1.40. The standard InChI is InChI=1S/C23H24N6/c1-15-4-3-5-17(8-15)20-10-23-24-12-19-21-7-6-18(9-22(19)29(23)26-20)28(21)14-16-11-25-27(2)13-16/h3-5,8,10-13,18,21H,6-7,9,14H2,1-2H3/t18-,21+/m1/s1. The van der Waals surface area contributed by atoms with E-state index >= 15 is 0 Å². The molecule has 1 fully saturated rings. The van der Waals surface area contributed by atoms with Crippen molar-refractivity contribution < 1.29 is 0 Å². The van der Waals surface area contributed by atoms with Gasteiger partial charge in [-0.25, -0.2) is 9.50 Å². The topological polar surface area (TPSA) is 51.2 Å². The van der Waals surface area contributed by atoms with E-state index in [4.69, 9.17) is 10.1 Å². The van der Waals surface area contributed by atoms with Gasteiger partial charge in [-0.1, -0.05) is 23.8 Å². The Morgan fingerprint density at radius 2 is 2.07 bits per heavy atom. The van der Waals surface area contributed by atoms with Crippen LogP contribution in [0.3, 0.4) is 0 Å². The quantitative estimate of drug-likeness (QED) is 0.540. The molecule has 0 unspecified atom stereocenters. The average molecular weight is 384 g/mol. The minimum Gasteiger partial charge on any atom is -0.289 e. The van der Waals surface area contributed by atoms with Gasteiger partial charge in [0.25, 0.3) is 0 Å². The van der Waals surface area contributed by atoms with Gasteiger partial charge in [-0.3, -0.25) is 9.58 Å². The minimum absolute atomic E-state index is 0.424. The normalized spacial score (nSPS) is 21.0. The first-order chi connectivity index (χ1) is 14.2. The summed E-state index contributed by atoms with van der Waals surface area (Å²) in [7, 11) is 1.98. The summed E-state index contributed by atoms with van der Waals surface area (Å²) in [5.41, 5.74) is 8.31. The number of nitrogens with zero attached hydrogens (tertiary/aromatic N) is 6. The van der Waals surface area contributed by atoms with E-state index < -0.39 is 0 Å². The van der Waals surface area contributed by atoms with Gasteiger partial charge in [0.05, 0.1) is 17.6 Å². The first kappa shape index (κ1) is 16.9. The molecule has 3 aromatic heterocycles. The summed E-state index contributed by atoms with van der Waals surface area (Å²) in [6.45, 7) is 3.07. The van der Waals surface area contributed by atoms with Crippen molar-refractivity contribution >= 4 is 5.65 Å². The molecule has 6 nitrogen and oxygen atoms in total. The second-order valence-electron chi connectivity index (χ2n) is 8.47. The van der Waals surface area contributed by atoms with Gasteiger partial charge in [-0.2, -0.15) is 10.2 Å². The highest BCUT2D eigenvalue weighted by Gasteiger charge is 2.41. The average Bonchev–Trinajstić information content (AvgIpc) is 3.39. The molecule has 4 aromatic rings. The summed E-state index contributed by atoms with van der Waals surface area (Å²) in [5, 5.41) is 9.31. The van der Waals surface area contributed by atoms with Crippen LogP contribution in [0.25, 0.3) is 16.9 Å². The number of fused-ring (bicyclic) bond motifs is 6. The molecule has 0 amide bonds. The van der Waals surface area contributed by atoms with Crippen molar-refractivity contribution in [3.63, 3.8) is 0 Å². The molecule has 2 aliphatic rings. The van der Waals surface area contributed by atoms with E-state index in [9.17, 15) is 0 Å². The maximum Gasteiger partial charge on any atom is 0.155 e. The van der Waals surface area contributed by atoms with Crippen LogP contribution < -0.4 is 0 Å². The molecule has 1 saturated heterocycles. The van der Waals surface area contributed by atoms with Gasteiger partial charge < -0.3 is 0 Å². The van der Waals surface area contributed by atoms with Crippen LogP contribution in [0, 0.1) is 6.92 Å². The molecule has 29 heavy (non-hydrogen) atoms. The molecule has 146 valence electrons. The van der Waals surface area contributed by atoms with Crippen LogP contribution in [0.5, 0.6) is 0 Å². The van der Waals surface area contributed by atoms with Gasteiger partial charge >= 0.3 is 0 Å². The van der Waals surface area contributed by atoms with Crippen LogP contribution in [0.1, 0.15) is 41.3 Å². The highest BCUT2D eigenvalue weighted by molar-refractivity contribution is 5.65. The number of aryl methyl sites for hydroxylation is 2. The molecular formula is C23H24N6. The summed E-state index contributed by atoms with van der Waals surface area (Å²) in [6, 6.07) is 11.6. The molecule has 0 aliphatic carbocycles. The number of benzene rings is 1. The lowest BCUT2D eigenvalue weighted by molar-refractivity contribution is 0.165. The zero-order valence-corrected chi connectivity index (χ0v) is 16.8. The van der Waals surface area contributed by atoms with Crippen molar-refractivity contribution in [1.82, 2.24) is 29.3 Å². The van der Waals surface area contributed by atoms with E-state index in [1.165, 1.54) is 35.2 Å². The lowest BCUT2D eigenvalue weighted by atomic mass is 9.98. The third-order valence-electron chi connectivity index (χ3n) is 6.48. The monoisotopic (exact) mass is 384 g/mol. The predicted molar refractivity (Wildman–Crippen MR) is 111 cm³/mol. The fourth-order valence-electron chi connectivity index (χ4n) is 5.14. The van der Waals surface area contributed by atoms with Gasteiger partial charge in [0, 0.05) is 67.2 Å². The van der Waals surface area contributed by atoms with Gasteiger partial charge in [0.15, 0.2) is 5.65 Å². The molecule has 5 heterocycles. The van der Waals surface area contributed by atoms with Crippen molar-refractivity contribution in [1.29, 1.82) is 0 Å². The minimum atomic E-state index is 0.424. The maximum absolute atomic E-state index is 4.97. The van der Waals surface area contributed by atoms with E-state index in [2.05, 4.69) is 64.2 Å². The smallest absolute Gasteiger partial charge is 0.155 e. The fourth-order valence-corrected chi connectivity index (χ4v) is 5.14. The molecule has 2 atom stereocenters. The third kappa shape index (κ3) is 2.70. The predicted octanol–water partition coefficient (Wildman–Crippen LogP) is 3.70. The van der Waals surface area contributed by atoms with Gasteiger partial charge in [0.2, 0.25) is 0 Å². The van der Waals surface area contributed by atoms with Crippen LogP contribution in [-0.4, -0.2) is 35.3 Å². The van der Waals surface area contributed by atoms with Crippen LogP contribution >= 0.6 is 0 Å². The number of hydrogen-bond acceptors (Lipinski definition) is 4. The Bertz CT molecular complexity index is 1220. The highest BCUT2D eigenvalue weighted by atomic mass is 15.3. The summed E-state index contributed by atoms with van der Waals surface area (Å²) in [4.78, 5) is 7.42. The van der Waals surface area contributed by atoms with Crippen molar-refractivity contribution in [3.8, 4) is 11.3 Å². The molecule has 0 radical (unpaired) electrons. The molecule has 2 aliphatic heterocycles. The first-order valence-corrected chi connectivity index (χ1v) is 10.3. The van der Waals surface area contributed by atoms with Gasteiger partial charge in [0.1, 0.15) is 0 Å². The van der Waals surface area contributed by atoms with Crippen molar-refractivity contribution in [2.24, 2.45) is 7.05 Å².